The van der Waals surface area contributed by atoms with Crippen LogP contribution in [0.2, 0.25) is 0 Å². The van der Waals surface area contributed by atoms with Gasteiger partial charge in [-0.15, -0.1) is 0 Å². The summed E-state index contributed by atoms with van der Waals surface area (Å²) in [6.45, 7) is 1.97. The van der Waals surface area contributed by atoms with Gasteiger partial charge >= 0.3 is 0 Å². The maximum Gasteiger partial charge on any atom is 0.273 e. The molecule has 1 aromatic carbocycles. The highest BCUT2D eigenvalue weighted by Gasteiger charge is 2.36. The van der Waals surface area contributed by atoms with Crippen LogP contribution in [0.25, 0.3) is 0 Å². The summed E-state index contributed by atoms with van der Waals surface area (Å²) in [5.74, 6) is -0.306. The lowest BCUT2D eigenvalue weighted by molar-refractivity contribution is 0.0709. The summed E-state index contributed by atoms with van der Waals surface area (Å²) in [5, 5.41) is 12.8. The maximum absolute atomic E-state index is 13.5. The molecule has 2 N–H and O–H groups in total. The SMILES string of the molecule is CNc1nc(C)cc(C(=O)N2CC(O)CC2c2cccc(F)c2)n1. The molecule has 2 unspecified atom stereocenters. The number of anilines is 1. The molecule has 126 valence electrons. The molecule has 1 fully saturated rings. The van der Waals surface area contributed by atoms with E-state index in [9.17, 15) is 14.3 Å². The highest BCUT2D eigenvalue weighted by Crippen LogP contribution is 2.33. The van der Waals surface area contributed by atoms with E-state index in [1.807, 2.05) is 0 Å². The predicted octanol–water partition coefficient (Wildman–Crippen LogP) is 1.91. The minimum atomic E-state index is -0.645. The first-order chi connectivity index (χ1) is 11.5. The van der Waals surface area contributed by atoms with E-state index in [0.29, 0.717) is 23.6 Å². The largest absolute Gasteiger partial charge is 0.391 e. The number of amides is 1. The van der Waals surface area contributed by atoms with E-state index in [2.05, 4.69) is 15.3 Å². The first kappa shape index (κ1) is 16.3. The summed E-state index contributed by atoms with van der Waals surface area (Å²) in [6.07, 6.45) is -0.271. The molecule has 0 saturated carbocycles. The summed E-state index contributed by atoms with van der Waals surface area (Å²) < 4.78 is 13.5. The molecule has 1 aliphatic rings. The van der Waals surface area contributed by atoms with E-state index in [1.165, 1.54) is 12.1 Å². The number of aryl methyl sites for hydroxylation is 1. The van der Waals surface area contributed by atoms with Crippen LogP contribution in [0, 0.1) is 12.7 Å². The zero-order valence-corrected chi connectivity index (χ0v) is 13.5. The van der Waals surface area contributed by atoms with Gasteiger partial charge in [0.1, 0.15) is 11.5 Å². The summed E-state index contributed by atoms with van der Waals surface area (Å²) in [5.41, 5.74) is 1.58. The van der Waals surface area contributed by atoms with Gasteiger partial charge < -0.3 is 15.3 Å². The minimum absolute atomic E-state index is 0.192. The number of benzene rings is 1. The van der Waals surface area contributed by atoms with Crippen molar-refractivity contribution >= 4 is 11.9 Å². The number of hydrogen-bond acceptors (Lipinski definition) is 5. The van der Waals surface area contributed by atoms with Gasteiger partial charge in [0.2, 0.25) is 5.95 Å². The van der Waals surface area contributed by atoms with E-state index in [-0.39, 0.29) is 30.0 Å². The van der Waals surface area contributed by atoms with Crippen LogP contribution < -0.4 is 5.32 Å². The summed E-state index contributed by atoms with van der Waals surface area (Å²) in [7, 11) is 1.68. The van der Waals surface area contributed by atoms with E-state index < -0.39 is 6.10 Å². The quantitative estimate of drug-likeness (QED) is 0.899. The van der Waals surface area contributed by atoms with Crippen LogP contribution in [-0.4, -0.2) is 45.6 Å². The van der Waals surface area contributed by atoms with Crippen molar-refractivity contribution in [3.63, 3.8) is 0 Å². The number of hydrogen-bond donors (Lipinski definition) is 2. The molecule has 1 saturated heterocycles. The Morgan fingerprint density at radius 3 is 2.88 bits per heavy atom. The third-order valence-electron chi connectivity index (χ3n) is 4.07. The van der Waals surface area contributed by atoms with Gasteiger partial charge in [-0.25, -0.2) is 14.4 Å². The van der Waals surface area contributed by atoms with Gasteiger partial charge in [-0.3, -0.25) is 4.79 Å². The Kier molecular flexibility index (Phi) is 4.44. The Morgan fingerprint density at radius 2 is 2.17 bits per heavy atom. The maximum atomic E-state index is 13.5. The Labute approximate surface area is 139 Å². The topological polar surface area (TPSA) is 78.4 Å². The van der Waals surface area contributed by atoms with Crippen molar-refractivity contribution in [1.82, 2.24) is 14.9 Å². The lowest BCUT2D eigenvalue weighted by Crippen LogP contribution is -2.32. The molecule has 2 aromatic rings. The van der Waals surface area contributed by atoms with E-state index in [1.54, 1.807) is 37.1 Å². The van der Waals surface area contributed by atoms with Crippen LogP contribution in [0.5, 0.6) is 0 Å². The normalized spacial score (nSPS) is 20.2. The molecule has 2 atom stereocenters. The molecule has 0 bridgehead atoms. The van der Waals surface area contributed by atoms with Crippen LogP contribution >= 0.6 is 0 Å². The molecule has 0 spiro atoms. The van der Waals surface area contributed by atoms with Crippen LogP contribution in [0.1, 0.15) is 34.2 Å². The lowest BCUT2D eigenvalue weighted by Gasteiger charge is -2.24. The minimum Gasteiger partial charge on any atom is -0.391 e. The number of likely N-dealkylation sites (tertiary alicyclic amines) is 1. The molecule has 2 heterocycles. The molecule has 1 aromatic heterocycles. The molecule has 3 rings (SSSR count). The first-order valence-electron chi connectivity index (χ1n) is 7.76. The number of carbonyl (C=O) groups excluding carboxylic acids is 1. The molecule has 1 amide bonds. The average Bonchev–Trinajstić information content (AvgIpc) is 2.95. The van der Waals surface area contributed by atoms with Gasteiger partial charge in [-0.05, 0) is 37.1 Å². The third-order valence-corrected chi connectivity index (χ3v) is 4.07. The molecular weight excluding hydrogens is 311 g/mol. The van der Waals surface area contributed by atoms with Gasteiger partial charge in [-0.2, -0.15) is 0 Å². The fraction of sp³-hybridized carbons (Fsp3) is 0.353. The van der Waals surface area contributed by atoms with Gasteiger partial charge in [0.25, 0.3) is 5.91 Å². The second-order valence-corrected chi connectivity index (χ2v) is 5.89. The van der Waals surface area contributed by atoms with Crippen LogP contribution in [0.4, 0.5) is 10.3 Å². The predicted molar refractivity (Wildman–Crippen MR) is 87.1 cm³/mol. The van der Waals surface area contributed by atoms with Crippen molar-refractivity contribution in [1.29, 1.82) is 0 Å². The van der Waals surface area contributed by atoms with Crippen LogP contribution in [0.3, 0.4) is 0 Å². The molecule has 0 aliphatic carbocycles. The second-order valence-electron chi connectivity index (χ2n) is 5.89. The van der Waals surface area contributed by atoms with Gasteiger partial charge in [0, 0.05) is 19.3 Å². The fourth-order valence-electron chi connectivity index (χ4n) is 3.01. The molecule has 24 heavy (non-hydrogen) atoms. The van der Waals surface area contributed by atoms with Crippen molar-refractivity contribution in [3.05, 3.63) is 53.1 Å². The van der Waals surface area contributed by atoms with Crippen molar-refractivity contribution < 1.29 is 14.3 Å². The lowest BCUT2D eigenvalue weighted by atomic mass is 10.0. The smallest absolute Gasteiger partial charge is 0.273 e. The standard InChI is InChI=1S/C17H19FN4O2/c1-10-6-14(21-17(19-2)20-10)16(24)22-9-13(23)8-15(22)11-4-3-5-12(18)7-11/h3-7,13,15,23H,8-9H2,1-2H3,(H,19,20,21). The molecule has 1 aliphatic heterocycles. The number of halogens is 1. The average molecular weight is 330 g/mol. The first-order valence-corrected chi connectivity index (χ1v) is 7.76. The van der Waals surface area contributed by atoms with Gasteiger partial charge in [0.15, 0.2) is 0 Å². The van der Waals surface area contributed by atoms with Gasteiger partial charge in [-0.1, -0.05) is 12.1 Å². The summed E-state index contributed by atoms with van der Waals surface area (Å²) >= 11 is 0. The van der Waals surface area contributed by atoms with Crippen molar-refractivity contribution in [3.8, 4) is 0 Å². The Bertz CT molecular complexity index is 768. The Hall–Kier alpha value is -2.54. The number of nitrogens with one attached hydrogen (secondary N) is 1. The zero-order valence-electron chi connectivity index (χ0n) is 13.5. The molecule has 6 nitrogen and oxygen atoms in total. The van der Waals surface area contributed by atoms with Crippen molar-refractivity contribution in [2.45, 2.75) is 25.5 Å². The van der Waals surface area contributed by atoms with E-state index in [4.69, 9.17) is 0 Å². The number of aromatic nitrogens is 2. The highest BCUT2D eigenvalue weighted by atomic mass is 19.1. The summed E-state index contributed by atoms with van der Waals surface area (Å²) in [6, 6.07) is 7.34. The second kappa shape index (κ2) is 6.52. The zero-order chi connectivity index (χ0) is 17.3. The fourth-order valence-corrected chi connectivity index (χ4v) is 3.01. The van der Waals surface area contributed by atoms with Crippen LogP contribution in [-0.2, 0) is 0 Å². The van der Waals surface area contributed by atoms with E-state index in [0.717, 1.165) is 0 Å². The van der Waals surface area contributed by atoms with Crippen molar-refractivity contribution in [2.75, 3.05) is 18.9 Å². The Balaban J connectivity index is 1.94. The number of aliphatic hydroxyl groups is 1. The third kappa shape index (κ3) is 3.21. The van der Waals surface area contributed by atoms with Crippen molar-refractivity contribution in [2.24, 2.45) is 0 Å². The van der Waals surface area contributed by atoms with Crippen LogP contribution in [0.15, 0.2) is 30.3 Å². The number of rotatable bonds is 3. The highest BCUT2D eigenvalue weighted by molar-refractivity contribution is 5.93. The number of aliphatic hydroxyl groups excluding tert-OH is 1. The number of β-amino-alcohol motifs (C(OH)–C–C–N with tert-alkyl or cyclic N) is 1. The number of carbonyl (C=O) groups is 1. The Morgan fingerprint density at radius 1 is 1.38 bits per heavy atom. The summed E-state index contributed by atoms with van der Waals surface area (Å²) in [4.78, 5) is 22.8. The molecule has 7 heteroatoms. The van der Waals surface area contributed by atoms with E-state index >= 15 is 0 Å². The number of nitrogens with zero attached hydrogens (tertiary/aromatic N) is 3. The molecule has 0 radical (unpaired) electrons. The molecular formula is C17H19FN4O2. The monoisotopic (exact) mass is 330 g/mol. The van der Waals surface area contributed by atoms with Gasteiger partial charge in [0.05, 0.1) is 12.1 Å².